The number of aromatic hydroxyl groups is 2. The molecule has 0 spiro atoms. The fraction of sp³-hybridized carbons (Fsp3) is 0.533. The molecule has 19 heavy (non-hydrogen) atoms. The van der Waals surface area contributed by atoms with Crippen LogP contribution in [0.1, 0.15) is 37.7 Å². The van der Waals surface area contributed by atoms with Crippen molar-refractivity contribution in [1.29, 1.82) is 0 Å². The minimum absolute atomic E-state index is 0.116. The molecule has 0 aliphatic heterocycles. The first kappa shape index (κ1) is 13.7. The number of amides is 1. The molecule has 2 rings (SSSR count). The summed E-state index contributed by atoms with van der Waals surface area (Å²) < 4.78 is 0. The van der Waals surface area contributed by atoms with Crippen LogP contribution in [0.25, 0.3) is 0 Å². The van der Waals surface area contributed by atoms with Gasteiger partial charge in [-0.05, 0) is 42.9 Å². The highest BCUT2D eigenvalue weighted by Crippen LogP contribution is 2.27. The molecule has 3 N–H and O–H groups in total. The average Bonchev–Trinajstić information content (AvgIpc) is 2.86. The number of benzene rings is 1. The van der Waals surface area contributed by atoms with Gasteiger partial charge < -0.3 is 15.5 Å². The standard InChI is InChI=1S/C15H21NO3/c17-13-6-5-12(9-14(13)18)7-8-16-15(19)10-11-3-1-2-4-11/h5-6,9,11,17-18H,1-4,7-8,10H2,(H,16,19). The van der Waals surface area contributed by atoms with Gasteiger partial charge in [-0.1, -0.05) is 18.9 Å². The van der Waals surface area contributed by atoms with Gasteiger partial charge in [-0.2, -0.15) is 0 Å². The lowest BCUT2D eigenvalue weighted by Crippen LogP contribution is -2.27. The Bertz CT molecular complexity index is 439. The van der Waals surface area contributed by atoms with Gasteiger partial charge in [-0.3, -0.25) is 4.79 Å². The maximum absolute atomic E-state index is 11.7. The van der Waals surface area contributed by atoms with Crippen LogP contribution in [-0.2, 0) is 11.2 Å². The van der Waals surface area contributed by atoms with Gasteiger partial charge in [0.25, 0.3) is 0 Å². The summed E-state index contributed by atoms with van der Waals surface area (Å²) in [7, 11) is 0. The van der Waals surface area contributed by atoms with E-state index in [9.17, 15) is 15.0 Å². The van der Waals surface area contributed by atoms with E-state index in [1.165, 1.54) is 37.8 Å². The first-order valence-electron chi connectivity index (χ1n) is 6.92. The van der Waals surface area contributed by atoms with E-state index in [0.717, 1.165) is 5.56 Å². The molecular formula is C15H21NO3. The van der Waals surface area contributed by atoms with Gasteiger partial charge in [0.05, 0.1) is 0 Å². The Morgan fingerprint density at radius 2 is 1.95 bits per heavy atom. The molecular weight excluding hydrogens is 242 g/mol. The third-order valence-corrected chi connectivity index (χ3v) is 3.72. The molecule has 1 aromatic rings. The van der Waals surface area contributed by atoms with Crippen molar-refractivity contribution < 1.29 is 15.0 Å². The molecule has 4 nitrogen and oxygen atoms in total. The van der Waals surface area contributed by atoms with Crippen molar-refractivity contribution in [2.24, 2.45) is 5.92 Å². The molecule has 0 saturated heterocycles. The van der Waals surface area contributed by atoms with E-state index in [0.29, 0.717) is 25.3 Å². The molecule has 0 radical (unpaired) electrons. The van der Waals surface area contributed by atoms with E-state index in [-0.39, 0.29) is 17.4 Å². The zero-order valence-corrected chi connectivity index (χ0v) is 11.1. The Hall–Kier alpha value is -1.71. The maximum Gasteiger partial charge on any atom is 0.220 e. The van der Waals surface area contributed by atoms with Crippen LogP contribution in [0.15, 0.2) is 18.2 Å². The summed E-state index contributed by atoms with van der Waals surface area (Å²) in [5.74, 6) is 0.455. The third kappa shape index (κ3) is 4.16. The van der Waals surface area contributed by atoms with Gasteiger partial charge in [-0.15, -0.1) is 0 Å². The Labute approximate surface area is 113 Å². The lowest BCUT2D eigenvalue weighted by molar-refractivity contribution is -0.121. The van der Waals surface area contributed by atoms with Crippen molar-refractivity contribution in [1.82, 2.24) is 5.32 Å². The second kappa shape index (κ2) is 6.45. The first-order chi connectivity index (χ1) is 9.15. The molecule has 1 aromatic carbocycles. The van der Waals surface area contributed by atoms with Crippen LogP contribution in [0.4, 0.5) is 0 Å². The van der Waals surface area contributed by atoms with Crippen molar-refractivity contribution >= 4 is 5.91 Å². The monoisotopic (exact) mass is 263 g/mol. The number of phenolic OH excluding ortho intramolecular Hbond substituents is 2. The van der Waals surface area contributed by atoms with Gasteiger partial charge in [-0.25, -0.2) is 0 Å². The molecule has 4 heteroatoms. The van der Waals surface area contributed by atoms with Crippen molar-refractivity contribution in [3.63, 3.8) is 0 Å². The minimum Gasteiger partial charge on any atom is -0.504 e. The molecule has 1 aliphatic carbocycles. The Morgan fingerprint density at radius 1 is 1.21 bits per heavy atom. The number of rotatable bonds is 5. The third-order valence-electron chi connectivity index (χ3n) is 3.72. The molecule has 1 amide bonds. The normalized spacial score (nSPS) is 15.6. The highest BCUT2D eigenvalue weighted by Gasteiger charge is 2.17. The fourth-order valence-electron chi connectivity index (χ4n) is 2.62. The lowest BCUT2D eigenvalue weighted by Gasteiger charge is -2.09. The Kier molecular flexibility index (Phi) is 4.66. The molecule has 104 valence electrons. The van der Waals surface area contributed by atoms with Gasteiger partial charge in [0.2, 0.25) is 5.91 Å². The van der Waals surface area contributed by atoms with E-state index in [2.05, 4.69) is 5.32 Å². The minimum atomic E-state index is -0.117. The number of nitrogens with one attached hydrogen (secondary N) is 1. The zero-order chi connectivity index (χ0) is 13.7. The summed E-state index contributed by atoms with van der Waals surface area (Å²) >= 11 is 0. The highest BCUT2D eigenvalue weighted by molar-refractivity contribution is 5.76. The number of carbonyl (C=O) groups excluding carboxylic acids is 1. The molecule has 1 fully saturated rings. The predicted molar refractivity (Wildman–Crippen MR) is 73.1 cm³/mol. The van der Waals surface area contributed by atoms with E-state index >= 15 is 0 Å². The van der Waals surface area contributed by atoms with E-state index in [4.69, 9.17) is 0 Å². The predicted octanol–water partition coefficient (Wildman–Crippen LogP) is 2.34. The average molecular weight is 263 g/mol. The second-order valence-electron chi connectivity index (χ2n) is 5.28. The Balaban J connectivity index is 1.70. The Morgan fingerprint density at radius 3 is 2.63 bits per heavy atom. The SMILES string of the molecule is O=C(CC1CCCC1)NCCc1ccc(O)c(O)c1. The molecule has 0 atom stereocenters. The van der Waals surface area contributed by atoms with Crippen LogP contribution < -0.4 is 5.32 Å². The zero-order valence-electron chi connectivity index (χ0n) is 11.1. The van der Waals surface area contributed by atoms with Crippen LogP contribution in [0.5, 0.6) is 11.5 Å². The van der Waals surface area contributed by atoms with Gasteiger partial charge in [0.15, 0.2) is 11.5 Å². The van der Waals surface area contributed by atoms with Gasteiger partial charge in [0.1, 0.15) is 0 Å². The quantitative estimate of drug-likeness (QED) is 0.714. The van der Waals surface area contributed by atoms with Crippen molar-refractivity contribution in [3.8, 4) is 11.5 Å². The summed E-state index contributed by atoms with van der Waals surface area (Å²) in [6.45, 7) is 0.565. The van der Waals surface area contributed by atoms with E-state index in [1.807, 2.05) is 0 Å². The number of hydrogen-bond donors (Lipinski definition) is 3. The topological polar surface area (TPSA) is 69.6 Å². The van der Waals surface area contributed by atoms with Crippen molar-refractivity contribution in [3.05, 3.63) is 23.8 Å². The van der Waals surface area contributed by atoms with Crippen molar-refractivity contribution in [2.45, 2.75) is 38.5 Å². The largest absolute Gasteiger partial charge is 0.504 e. The number of carbonyl (C=O) groups is 1. The summed E-state index contributed by atoms with van der Waals surface area (Å²) in [5.41, 5.74) is 0.900. The molecule has 0 heterocycles. The molecule has 0 aromatic heterocycles. The lowest BCUT2D eigenvalue weighted by atomic mass is 10.0. The summed E-state index contributed by atoms with van der Waals surface area (Å²) in [5, 5.41) is 21.5. The van der Waals surface area contributed by atoms with E-state index in [1.54, 1.807) is 6.07 Å². The van der Waals surface area contributed by atoms with E-state index < -0.39 is 0 Å². The first-order valence-corrected chi connectivity index (χ1v) is 6.92. The molecule has 1 aliphatic rings. The molecule has 1 saturated carbocycles. The summed E-state index contributed by atoms with van der Waals surface area (Å²) in [6, 6.07) is 4.74. The maximum atomic E-state index is 11.7. The van der Waals surface area contributed by atoms with Gasteiger partial charge >= 0.3 is 0 Å². The number of hydrogen-bond acceptors (Lipinski definition) is 3. The molecule has 0 unspecified atom stereocenters. The smallest absolute Gasteiger partial charge is 0.220 e. The van der Waals surface area contributed by atoms with Crippen LogP contribution >= 0.6 is 0 Å². The fourth-order valence-corrected chi connectivity index (χ4v) is 2.62. The van der Waals surface area contributed by atoms with Crippen LogP contribution in [0.2, 0.25) is 0 Å². The van der Waals surface area contributed by atoms with Crippen LogP contribution in [0, 0.1) is 5.92 Å². The van der Waals surface area contributed by atoms with Crippen LogP contribution in [-0.4, -0.2) is 22.7 Å². The number of phenols is 2. The summed E-state index contributed by atoms with van der Waals surface area (Å²) in [6.07, 6.45) is 6.17. The highest BCUT2D eigenvalue weighted by atomic mass is 16.3. The van der Waals surface area contributed by atoms with Crippen molar-refractivity contribution in [2.75, 3.05) is 6.54 Å². The van der Waals surface area contributed by atoms with Gasteiger partial charge in [0, 0.05) is 13.0 Å². The van der Waals surface area contributed by atoms with Crippen LogP contribution in [0.3, 0.4) is 0 Å². The second-order valence-corrected chi connectivity index (χ2v) is 5.28. The summed E-state index contributed by atoms with van der Waals surface area (Å²) in [4.78, 5) is 11.7. The molecule has 0 bridgehead atoms.